The first kappa shape index (κ1) is 6.22. The first-order valence-corrected chi connectivity index (χ1v) is 3.48. The first-order valence-electron chi connectivity index (χ1n) is 3.48. The molecule has 0 radical (unpaired) electrons. The molecule has 0 saturated carbocycles. The number of rotatable bonds is 1. The van der Waals surface area contributed by atoms with Gasteiger partial charge in [0.2, 0.25) is 5.91 Å². The van der Waals surface area contributed by atoms with Gasteiger partial charge in [-0.2, -0.15) is 0 Å². The van der Waals surface area contributed by atoms with E-state index in [0.717, 1.165) is 5.69 Å². The largest absolute Gasteiger partial charge is 0.364 e. The van der Waals surface area contributed by atoms with Crippen molar-refractivity contribution in [3.05, 3.63) is 36.3 Å². The van der Waals surface area contributed by atoms with Gasteiger partial charge in [-0.05, 0) is 12.1 Å². The lowest BCUT2D eigenvalue weighted by Gasteiger charge is -2.01. The quantitative estimate of drug-likeness (QED) is 0.606. The molecule has 1 aliphatic heterocycles. The maximum absolute atomic E-state index is 11.1. The SMILES string of the molecule is O=C1NC=CC1c1ccc[nH]1. The second-order valence-electron chi connectivity index (χ2n) is 2.47. The van der Waals surface area contributed by atoms with E-state index in [1.807, 2.05) is 24.4 Å². The molecule has 1 aliphatic rings. The minimum Gasteiger partial charge on any atom is -0.364 e. The summed E-state index contributed by atoms with van der Waals surface area (Å²) in [6.07, 6.45) is 5.33. The van der Waals surface area contributed by atoms with Crippen molar-refractivity contribution in [3.8, 4) is 0 Å². The number of hydrogen-bond acceptors (Lipinski definition) is 1. The summed E-state index contributed by atoms with van der Waals surface area (Å²) in [7, 11) is 0. The predicted octanol–water partition coefficient (Wildman–Crippen LogP) is 0.742. The summed E-state index contributed by atoms with van der Waals surface area (Å²) in [6.45, 7) is 0. The summed E-state index contributed by atoms with van der Waals surface area (Å²) >= 11 is 0. The van der Waals surface area contributed by atoms with E-state index < -0.39 is 0 Å². The second-order valence-corrected chi connectivity index (χ2v) is 2.47. The third kappa shape index (κ3) is 0.941. The number of hydrogen-bond donors (Lipinski definition) is 2. The summed E-state index contributed by atoms with van der Waals surface area (Å²) in [5.74, 6) is -0.0857. The van der Waals surface area contributed by atoms with Gasteiger partial charge in [-0.25, -0.2) is 0 Å². The van der Waals surface area contributed by atoms with E-state index in [1.165, 1.54) is 0 Å². The summed E-state index contributed by atoms with van der Waals surface area (Å²) in [5, 5.41) is 2.62. The number of carbonyl (C=O) groups is 1. The van der Waals surface area contributed by atoms with Crippen LogP contribution in [-0.4, -0.2) is 10.9 Å². The normalized spacial score (nSPS) is 22.2. The molecular formula is C8H8N2O. The van der Waals surface area contributed by atoms with E-state index in [-0.39, 0.29) is 11.8 Å². The van der Waals surface area contributed by atoms with Gasteiger partial charge in [-0.15, -0.1) is 0 Å². The fraction of sp³-hybridized carbons (Fsp3) is 0.125. The molecule has 56 valence electrons. The van der Waals surface area contributed by atoms with Crippen LogP contribution in [0.5, 0.6) is 0 Å². The zero-order valence-electron chi connectivity index (χ0n) is 5.87. The van der Waals surface area contributed by atoms with Gasteiger partial charge in [0.05, 0.1) is 5.92 Å². The van der Waals surface area contributed by atoms with Crippen LogP contribution < -0.4 is 5.32 Å². The molecule has 1 aromatic heterocycles. The zero-order valence-corrected chi connectivity index (χ0v) is 5.87. The molecule has 1 unspecified atom stereocenters. The molecule has 11 heavy (non-hydrogen) atoms. The molecule has 0 aromatic carbocycles. The van der Waals surface area contributed by atoms with Crippen LogP contribution in [0.3, 0.4) is 0 Å². The van der Waals surface area contributed by atoms with Crippen molar-refractivity contribution in [1.29, 1.82) is 0 Å². The lowest BCUT2D eigenvalue weighted by Crippen LogP contribution is -2.17. The Kier molecular flexibility index (Phi) is 1.28. The molecule has 3 heteroatoms. The highest BCUT2D eigenvalue weighted by Gasteiger charge is 2.21. The average Bonchev–Trinajstić information content (AvgIpc) is 2.55. The monoisotopic (exact) mass is 148 g/mol. The summed E-state index contributed by atoms with van der Waals surface area (Å²) < 4.78 is 0. The third-order valence-corrected chi connectivity index (χ3v) is 1.75. The Labute approximate surface area is 64.1 Å². The minimum atomic E-state index is -0.120. The van der Waals surface area contributed by atoms with E-state index in [2.05, 4.69) is 10.3 Å². The highest BCUT2D eigenvalue weighted by atomic mass is 16.2. The summed E-state index contributed by atoms with van der Waals surface area (Å²) in [5.41, 5.74) is 0.941. The molecular weight excluding hydrogens is 140 g/mol. The lowest BCUT2D eigenvalue weighted by molar-refractivity contribution is -0.119. The molecule has 0 spiro atoms. The van der Waals surface area contributed by atoms with Gasteiger partial charge in [0.15, 0.2) is 0 Å². The molecule has 0 aliphatic carbocycles. The van der Waals surface area contributed by atoms with E-state index in [9.17, 15) is 4.79 Å². The molecule has 3 nitrogen and oxygen atoms in total. The Bertz CT molecular complexity index is 287. The summed E-state index contributed by atoms with van der Waals surface area (Å²) in [6, 6.07) is 3.79. The summed E-state index contributed by atoms with van der Waals surface area (Å²) in [4.78, 5) is 14.1. The second kappa shape index (κ2) is 2.27. The van der Waals surface area contributed by atoms with Gasteiger partial charge in [-0.1, -0.05) is 6.08 Å². The fourth-order valence-electron chi connectivity index (χ4n) is 1.19. The maximum atomic E-state index is 11.1. The number of aromatic nitrogens is 1. The number of aromatic amines is 1. The van der Waals surface area contributed by atoms with Crippen molar-refractivity contribution >= 4 is 5.91 Å². The first-order chi connectivity index (χ1) is 5.38. The van der Waals surface area contributed by atoms with Crippen LogP contribution in [0.1, 0.15) is 11.6 Å². The molecule has 0 bridgehead atoms. The molecule has 1 aromatic rings. The van der Waals surface area contributed by atoms with E-state index in [1.54, 1.807) is 6.20 Å². The number of H-pyrrole nitrogens is 1. The van der Waals surface area contributed by atoms with Crippen molar-refractivity contribution in [1.82, 2.24) is 10.3 Å². The maximum Gasteiger partial charge on any atom is 0.236 e. The van der Waals surface area contributed by atoms with E-state index in [4.69, 9.17) is 0 Å². The Morgan fingerprint density at radius 2 is 2.36 bits per heavy atom. The van der Waals surface area contributed by atoms with Gasteiger partial charge in [0.25, 0.3) is 0 Å². The van der Waals surface area contributed by atoms with Crippen LogP contribution in [0.25, 0.3) is 0 Å². The van der Waals surface area contributed by atoms with Gasteiger partial charge >= 0.3 is 0 Å². The zero-order chi connectivity index (χ0) is 7.68. The Balaban J connectivity index is 2.30. The molecule has 1 amide bonds. The number of nitrogens with one attached hydrogen (secondary N) is 2. The van der Waals surface area contributed by atoms with Crippen LogP contribution in [0.15, 0.2) is 30.6 Å². The third-order valence-electron chi connectivity index (χ3n) is 1.75. The molecule has 0 fully saturated rings. The van der Waals surface area contributed by atoms with Gasteiger partial charge < -0.3 is 10.3 Å². The Morgan fingerprint density at radius 1 is 1.45 bits per heavy atom. The average molecular weight is 148 g/mol. The van der Waals surface area contributed by atoms with Crippen LogP contribution in [-0.2, 0) is 4.79 Å². The molecule has 2 rings (SSSR count). The molecule has 1 atom stereocenters. The van der Waals surface area contributed by atoms with Crippen molar-refractivity contribution < 1.29 is 4.79 Å². The number of amides is 1. The molecule has 2 heterocycles. The van der Waals surface area contributed by atoms with Crippen molar-refractivity contribution in [2.75, 3.05) is 0 Å². The Morgan fingerprint density at radius 3 is 2.91 bits per heavy atom. The van der Waals surface area contributed by atoms with Crippen molar-refractivity contribution in [2.45, 2.75) is 5.92 Å². The van der Waals surface area contributed by atoms with Crippen LogP contribution in [0.2, 0.25) is 0 Å². The van der Waals surface area contributed by atoms with Crippen molar-refractivity contribution in [2.24, 2.45) is 0 Å². The predicted molar refractivity (Wildman–Crippen MR) is 40.8 cm³/mol. The lowest BCUT2D eigenvalue weighted by atomic mass is 10.1. The molecule has 0 saturated heterocycles. The van der Waals surface area contributed by atoms with E-state index in [0.29, 0.717) is 0 Å². The smallest absolute Gasteiger partial charge is 0.236 e. The van der Waals surface area contributed by atoms with Crippen LogP contribution in [0.4, 0.5) is 0 Å². The van der Waals surface area contributed by atoms with Gasteiger partial charge in [0.1, 0.15) is 0 Å². The van der Waals surface area contributed by atoms with Crippen LogP contribution in [0, 0.1) is 0 Å². The fourth-order valence-corrected chi connectivity index (χ4v) is 1.19. The highest BCUT2D eigenvalue weighted by Crippen LogP contribution is 2.17. The van der Waals surface area contributed by atoms with Crippen LogP contribution >= 0.6 is 0 Å². The van der Waals surface area contributed by atoms with Crippen molar-refractivity contribution in [3.63, 3.8) is 0 Å². The topological polar surface area (TPSA) is 44.9 Å². The molecule has 2 N–H and O–H groups in total. The Hall–Kier alpha value is -1.51. The standard InChI is InChI=1S/C8H8N2O/c11-8-6(3-5-10-8)7-2-1-4-9-7/h1-6,9H,(H,10,11). The van der Waals surface area contributed by atoms with E-state index >= 15 is 0 Å². The minimum absolute atomic E-state index is 0.0347. The highest BCUT2D eigenvalue weighted by molar-refractivity contribution is 5.88. The number of carbonyl (C=O) groups excluding carboxylic acids is 1. The van der Waals surface area contributed by atoms with Gasteiger partial charge in [-0.3, -0.25) is 4.79 Å². The van der Waals surface area contributed by atoms with Gasteiger partial charge in [0, 0.05) is 18.1 Å².